The van der Waals surface area contributed by atoms with E-state index in [1.165, 1.54) is 0 Å². The van der Waals surface area contributed by atoms with Gasteiger partial charge < -0.3 is 95.9 Å². The second-order valence-electron chi connectivity index (χ2n) is 20.9. The van der Waals surface area contributed by atoms with E-state index < -0.39 is 28.5 Å². The topological polar surface area (TPSA) is 440 Å². The Hall–Kier alpha value is -13.8. The van der Waals surface area contributed by atoms with Gasteiger partial charge in [-0.15, -0.1) is 19.6 Å². The molecule has 0 aliphatic heterocycles. The molecule has 0 spiro atoms. The van der Waals surface area contributed by atoms with Crippen molar-refractivity contribution >= 4 is 28.5 Å². The Kier molecular flexibility index (Phi) is 51.3. The number of rotatable bonds is 14. The molecule has 40 nitrogen and oxygen atoms in total. The summed E-state index contributed by atoms with van der Waals surface area (Å²) >= 11 is 0. The minimum atomic E-state index is -1.12. The summed E-state index contributed by atoms with van der Waals surface area (Å²) in [7, 11) is -4.50. The summed E-state index contributed by atoms with van der Waals surface area (Å²) in [6.45, 7) is 0. The number of aromatic nitrogens is 32. The summed E-state index contributed by atoms with van der Waals surface area (Å²) < 4.78 is 22.5. The molecule has 582 valence electrons. The van der Waals surface area contributed by atoms with E-state index in [-0.39, 0.29) is 77.9 Å². The first-order chi connectivity index (χ1) is 54.6. The van der Waals surface area contributed by atoms with Gasteiger partial charge in [0.25, 0.3) is 0 Å². The third-order valence-corrected chi connectivity index (χ3v) is 13.7. The Labute approximate surface area is 703 Å². The van der Waals surface area contributed by atoms with Crippen LogP contribution in [0.4, 0.5) is 0 Å². The first kappa shape index (κ1) is 94.4. The fourth-order valence-corrected chi connectivity index (χ4v) is 9.32. The van der Waals surface area contributed by atoms with Crippen LogP contribution in [0.5, 0.6) is 0 Å². The summed E-state index contributed by atoms with van der Waals surface area (Å²) in [6.07, 6.45) is 57.2. The van der Waals surface area contributed by atoms with E-state index in [2.05, 4.69) is 102 Å². The van der Waals surface area contributed by atoms with Crippen molar-refractivity contribution in [2.24, 2.45) is 21.1 Å². The molecule has 0 saturated heterocycles. The maximum atomic E-state index is 8.44. The van der Waals surface area contributed by atoms with Gasteiger partial charge in [0.15, 0.2) is 0 Å². The van der Waals surface area contributed by atoms with Gasteiger partial charge in [-0.05, 0) is 147 Å². The maximum absolute atomic E-state index is 8.44. The molecule has 0 radical (unpaired) electrons. The first-order valence-corrected chi connectivity index (χ1v) is 33.1. The van der Waals surface area contributed by atoms with Crippen molar-refractivity contribution in [2.75, 3.05) is 0 Å². The van der Waals surface area contributed by atoms with Crippen LogP contribution < -0.4 is 20.4 Å². The van der Waals surface area contributed by atoms with Gasteiger partial charge in [-0.1, -0.05) is 133 Å². The Balaban J connectivity index is 0.000000330. The largest absolute Gasteiger partial charge is 2.00 e. The quantitative estimate of drug-likeness (QED) is 0.0702. The number of nitrogens with zero attached hydrogens (tertiary/aromatic N) is 36. The molecule has 0 N–H and O–H groups in total. The predicted molar refractivity (Wildman–Crippen MR) is 413 cm³/mol. The van der Waals surface area contributed by atoms with Crippen molar-refractivity contribution in [1.82, 2.24) is 157 Å². The minimum Gasteiger partial charge on any atom is -0.582 e. The fourth-order valence-electron chi connectivity index (χ4n) is 9.32. The third kappa shape index (κ3) is 37.1. The van der Waals surface area contributed by atoms with Crippen LogP contribution in [0.3, 0.4) is 0 Å². The first-order valence-electron chi connectivity index (χ1n) is 33.1. The number of hydrogen-bond acceptors (Lipinski definition) is 20. The zero-order valence-electron chi connectivity index (χ0n) is 60.1. The Morgan fingerprint density at radius 2 is 0.281 bits per heavy atom. The van der Waals surface area contributed by atoms with Crippen molar-refractivity contribution in [2.45, 2.75) is 0 Å². The number of nitroso groups, excluding NO2 is 4. The number of benzene rings is 3. The van der Waals surface area contributed by atoms with E-state index in [0.29, 0.717) is 0 Å². The molecule has 19 aromatic rings. The van der Waals surface area contributed by atoms with Gasteiger partial charge in [0.2, 0.25) is 0 Å². The molecule has 0 aliphatic carbocycles. The molecule has 0 unspecified atom stereocenters. The molecule has 0 fully saturated rings. The summed E-state index contributed by atoms with van der Waals surface area (Å²) in [4.78, 5) is 33.8. The smallest absolute Gasteiger partial charge is 0.582 e. The van der Waals surface area contributed by atoms with E-state index in [1.807, 2.05) is 311 Å². The van der Waals surface area contributed by atoms with E-state index >= 15 is 0 Å². The van der Waals surface area contributed by atoms with Crippen LogP contribution in [0.15, 0.2) is 426 Å². The molecule has 16 aromatic heterocycles. The van der Waals surface area contributed by atoms with Gasteiger partial charge in [-0.3, -0.25) is 0 Å². The molecule has 0 bridgehead atoms. The Morgan fingerprint density at radius 1 is 0.167 bits per heavy atom. The minimum absolute atomic E-state index is 0. The van der Waals surface area contributed by atoms with E-state index in [4.69, 9.17) is 19.6 Å². The zero-order chi connectivity index (χ0) is 76.9. The van der Waals surface area contributed by atoms with Gasteiger partial charge in [-0.25, -0.2) is 61.2 Å². The van der Waals surface area contributed by atoms with Crippen LogP contribution in [-0.4, -0.2) is 165 Å². The Bertz CT molecular complexity index is 3860. The third-order valence-electron chi connectivity index (χ3n) is 13.7. The Morgan fingerprint density at radius 3 is 0.333 bits per heavy atom. The summed E-state index contributed by atoms with van der Waals surface area (Å²) in [5.41, 5.74) is 0. The number of hydrogen-bond donors (Lipinski definition) is 0. The second kappa shape index (κ2) is 62.0. The van der Waals surface area contributed by atoms with Crippen molar-refractivity contribution in [3.05, 3.63) is 424 Å². The molecule has 0 saturated carbocycles. The van der Waals surface area contributed by atoms with E-state index in [9.17, 15) is 0 Å². The molecule has 3 aromatic carbocycles. The molecule has 114 heavy (non-hydrogen) atoms. The molecule has 48 heteroatoms. The van der Waals surface area contributed by atoms with Crippen LogP contribution in [-0.2, 0) is 77.9 Å². The molecule has 0 amide bonds. The van der Waals surface area contributed by atoms with Crippen LogP contribution in [0.1, 0.15) is 0 Å². The summed E-state index contributed by atoms with van der Waals surface area (Å²) in [6, 6.07) is 65.9. The zero-order valence-corrected chi connectivity index (χ0v) is 67.0. The van der Waals surface area contributed by atoms with Crippen LogP contribution >= 0.6 is 0 Å². The summed E-state index contributed by atoms with van der Waals surface area (Å²) in [5.74, 6) is 0. The molecule has 0 aliphatic rings. The average molecular weight is 1880 g/mol. The van der Waals surface area contributed by atoms with Gasteiger partial charge in [0.05, 0.1) is 0 Å². The second-order valence-corrected chi connectivity index (χ2v) is 20.9. The van der Waals surface area contributed by atoms with E-state index in [0.717, 1.165) is 0 Å². The van der Waals surface area contributed by atoms with Crippen LogP contribution in [0, 0.1) is 19.6 Å². The predicted octanol–water partition coefficient (Wildman–Crippen LogP) is 5.83. The molecule has 0 atom stereocenters. The van der Waals surface area contributed by atoms with Crippen LogP contribution in [0.2, 0.25) is 0 Å². The molecular formula is C66H70B4N36O4Ru4. The molecule has 16 heterocycles. The summed E-state index contributed by atoms with van der Waals surface area (Å²) in [5, 5.41) is 85.1. The average Bonchev–Trinajstić information content (AvgIpc) is 1.71. The normalized spacial score (nSPS) is 9.23. The van der Waals surface area contributed by atoms with Gasteiger partial charge in [0.1, 0.15) is 21.1 Å². The molecule has 19 rings (SSSR count). The fraction of sp³-hybridized carbons (Fsp3) is 0. The van der Waals surface area contributed by atoms with E-state index in [1.54, 1.807) is 169 Å². The van der Waals surface area contributed by atoms with Crippen molar-refractivity contribution in [3.8, 4) is 0 Å². The SMILES string of the molecule is O=NN=O.O=NN=O.[Ru+2].[Ru+2].[Ru+2].[Ru+2].c1ccccc1.c1ccccc1.c1ccccc1.c1cn[n-]c1.c1cn[n-]c1.c1cn[n-]c1.c1cn[n-]c1.c1cnn([BH-](n2cccn2)n2cccn2)c1.c1cnn([BH-](n2cccn2)n2cccn2)c1.c1cnn([BH-](n2cccn2)n2cccn2)c1.c1cnn([BH-](n2cccn2)n2cccn2)c1. The standard InChI is InChI=1S/4C9H10BN6.3C6H6.4C3H3N2.2N2O2.4Ru/c4*1-4-11-14(7-1)10(15-8-2-5-12-15)16-9-3-6-13-16;3*1-2-4-6-5-3-1;4*1-2-4-5-3-1;2*3-1-2-4;;;;/h4*1-10H;3*1-6H;4*1-3H;;;;;;/q4*-1;;;;4*-1;;;4*+2. The van der Waals surface area contributed by atoms with Crippen molar-refractivity contribution in [3.63, 3.8) is 0 Å². The maximum Gasteiger partial charge on any atom is 2.00 e. The van der Waals surface area contributed by atoms with Gasteiger partial charge in [0, 0.05) is 99.1 Å². The molecular weight excluding hydrogens is 1810 g/mol. The van der Waals surface area contributed by atoms with Crippen molar-refractivity contribution < 1.29 is 77.9 Å². The van der Waals surface area contributed by atoms with Gasteiger partial charge >= 0.3 is 106 Å². The van der Waals surface area contributed by atoms with Crippen LogP contribution in [0.25, 0.3) is 0 Å². The van der Waals surface area contributed by atoms with Gasteiger partial charge in [-0.2, -0.15) is 24.8 Å². The monoisotopic (exact) mass is 1880 g/mol. The van der Waals surface area contributed by atoms with Crippen molar-refractivity contribution in [1.29, 1.82) is 0 Å².